The highest BCUT2D eigenvalue weighted by Gasteiger charge is 2.18. The van der Waals surface area contributed by atoms with Gasteiger partial charge in [-0.3, -0.25) is 9.59 Å². The van der Waals surface area contributed by atoms with Gasteiger partial charge in [-0.05, 0) is 38.1 Å². The molecule has 0 aliphatic rings. The maximum absolute atomic E-state index is 12.9. The van der Waals surface area contributed by atoms with Gasteiger partial charge in [0.05, 0.1) is 11.4 Å². The van der Waals surface area contributed by atoms with Crippen molar-refractivity contribution in [2.24, 2.45) is 0 Å². The Morgan fingerprint density at radius 1 is 1.15 bits per heavy atom. The lowest BCUT2D eigenvalue weighted by atomic mass is 10.1. The molecule has 0 atom stereocenters. The standard InChI is InChI=1S/C20H18N4O3/c1-11(2)24-20(26)15-7-5-4-6-14(15)18(23-24)19(25)22-13-8-9-17-16(10-13)21-12(3)27-17/h4-11H,1-3H3,(H,22,25). The number of aryl methyl sites for hydroxylation is 1. The van der Waals surface area contributed by atoms with E-state index in [4.69, 9.17) is 4.42 Å². The average molecular weight is 362 g/mol. The molecule has 136 valence electrons. The first-order valence-corrected chi connectivity index (χ1v) is 8.64. The van der Waals surface area contributed by atoms with E-state index >= 15 is 0 Å². The van der Waals surface area contributed by atoms with E-state index < -0.39 is 0 Å². The van der Waals surface area contributed by atoms with Crippen LogP contribution < -0.4 is 10.9 Å². The van der Waals surface area contributed by atoms with E-state index in [9.17, 15) is 9.59 Å². The van der Waals surface area contributed by atoms with Crippen LogP contribution in [0.4, 0.5) is 5.69 Å². The summed E-state index contributed by atoms with van der Waals surface area (Å²) in [6.07, 6.45) is 0. The number of anilines is 1. The predicted octanol–water partition coefficient (Wildman–Crippen LogP) is 3.68. The number of amides is 1. The molecule has 0 fully saturated rings. The number of aromatic nitrogens is 3. The van der Waals surface area contributed by atoms with Crippen LogP contribution in [0.5, 0.6) is 0 Å². The Labute approximate surface area is 154 Å². The van der Waals surface area contributed by atoms with Gasteiger partial charge in [-0.15, -0.1) is 0 Å². The number of nitrogens with one attached hydrogen (secondary N) is 1. The van der Waals surface area contributed by atoms with E-state index in [0.29, 0.717) is 33.5 Å². The summed E-state index contributed by atoms with van der Waals surface area (Å²) in [6.45, 7) is 5.47. The van der Waals surface area contributed by atoms with E-state index in [1.54, 1.807) is 49.4 Å². The number of benzene rings is 2. The minimum atomic E-state index is -0.389. The van der Waals surface area contributed by atoms with Crippen LogP contribution in [0.25, 0.3) is 21.9 Å². The summed E-state index contributed by atoms with van der Waals surface area (Å²) in [4.78, 5) is 29.8. The summed E-state index contributed by atoms with van der Waals surface area (Å²) < 4.78 is 6.79. The van der Waals surface area contributed by atoms with E-state index in [2.05, 4.69) is 15.4 Å². The topological polar surface area (TPSA) is 90.0 Å². The third-order valence-corrected chi connectivity index (χ3v) is 4.28. The van der Waals surface area contributed by atoms with E-state index in [1.807, 2.05) is 13.8 Å². The molecular formula is C20H18N4O3. The summed E-state index contributed by atoms with van der Waals surface area (Å²) in [5.74, 6) is 0.172. The molecule has 0 radical (unpaired) electrons. The molecule has 1 N–H and O–H groups in total. The third-order valence-electron chi connectivity index (χ3n) is 4.28. The Morgan fingerprint density at radius 3 is 2.63 bits per heavy atom. The van der Waals surface area contributed by atoms with Gasteiger partial charge in [-0.25, -0.2) is 9.67 Å². The van der Waals surface area contributed by atoms with Crippen molar-refractivity contribution < 1.29 is 9.21 Å². The second kappa shape index (κ2) is 6.35. The summed E-state index contributed by atoms with van der Waals surface area (Å²) >= 11 is 0. The minimum absolute atomic E-state index is 0.164. The van der Waals surface area contributed by atoms with E-state index in [-0.39, 0.29) is 23.2 Å². The fourth-order valence-electron chi connectivity index (χ4n) is 3.03. The number of rotatable bonds is 3. The number of nitrogens with zero attached hydrogens (tertiary/aromatic N) is 3. The van der Waals surface area contributed by atoms with Crippen molar-refractivity contribution >= 4 is 33.5 Å². The molecule has 27 heavy (non-hydrogen) atoms. The van der Waals surface area contributed by atoms with E-state index in [0.717, 1.165) is 0 Å². The fraction of sp³-hybridized carbons (Fsp3) is 0.200. The van der Waals surface area contributed by atoms with Crippen molar-refractivity contribution in [3.05, 3.63) is 64.4 Å². The minimum Gasteiger partial charge on any atom is -0.441 e. The molecule has 0 aliphatic heterocycles. The number of carbonyl (C=O) groups excluding carboxylic acids is 1. The molecule has 7 heteroatoms. The average Bonchev–Trinajstić information content (AvgIpc) is 3.01. The molecule has 2 aromatic carbocycles. The molecule has 0 bridgehead atoms. The quantitative estimate of drug-likeness (QED) is 0.600. The predicted molar refractivity (Wildman–Crippen MR) is 103 cm³/mol. The van der Waals surface area contributed by atoms with Crippen LogP contribution in [-0.4, -0.2) is 20.7 Å². The normalized spacial score (nSPS) is 11.4. The van der Waals surface area contributed by atoms with Gasteiger partial charge in [-0.2, -0.15) is 5.10 Å². The number of hydrogen-bond acceptors (Lipinski definition) is 5. The molecule has 4 rings (SSSR count). The number of carbonyl (C=O) groups is 1. The lowest BCUT2D eigenvalue weighted by molar-refractivity contribution is 0.102. The number of oxazole rings is 1. The van der Waals surface area contributed by atoms with Crippen LogP contribution >= 0.6 is 0 Å². The van der Waals surface area contributed by atoms with Gasteiger partial charge in [0.15, 0.2) is 17.2 Å². The second-order valence-corrected chi connectivity index (χ2v) is 6.61. The van der Waals surface area contributed by atoms with Crippen LogP contribution in [0.3, 0.4) is 0 Å². The van der Waals surface area contributed by atoms with Crippen molar-refractivity contribution in [1.29, 1.82) is 0 Å². The summed E-state index contributed by atoms with van der Waals surface area (Å²) in [7, 11) is 0. The Hall–Kier alpha value is -3.48. The highest BCUT2D eigenvalue weighted by Crippen LogP contribution is 2.21. The van der Waals surface area contributed by atoms with Gasteiger partial charge < -0.3 is 9.73 Å². The molecule has 0 unspecified atom stereocenters. The Bertz CT molecular complexity index is 1240. The highest BCUT2D eigenvalue weighted by molar-refractivity contribution is 6.11. The Balaban J connectivity index is 1.79. The molecule has 2 aromatic heterocycles. The lowest BCUT2D eigenvalue weighted by Gasteiger charge is -2.13. The molecule has 1 amide bonds. The largest absolute Gasteiger partial charge is 0.441 e. The Morgan fingerprint density at radius 2 is 1.89 bits per heavy atom. The van der Waals surface area contributed by atoms with Gasteiger partial charge >= 0.3 is 0 Å². The molecular weight excluding hydrogens is 344 g/mol. The first-order chi connectivity index (χ1) is 12.9. The van der Waals surface area contributed by atoms with Crippen LogP contribution in [-0.2, 0) is 0 Å². The zero-order valence-electron chi connectivity index (χ0n) is 15.2. The van der Waals surface area contributed by atoms with Crippen molar-refractivity contribution in [3.8, 4) is 0 Å². The molecule has 0 saturated heterocycles. The second-order valence-electron chi connectivity index (χ2n) is 6.61. The van der Waals surface area contributed by atoms with Crippen LogP contribution in [0, 0.1) is 6.92 Å². The molecule has 0 saturated carbocycles. The summed E-state index contributed by atoms with van der Waals surface area (Å²) in [6, 6.07) is 12.1. The van der Waals surface area contributed by atoms with Crippen molar-refractivity contribution in [3.63, 3.8) is 0 Å². The van der Waals surface area contributed by atoms with Gasteiger partial charge in [0.25, 0.3) is 11.5 Å². The van der Waals surface area contributed by atoms with Gasteiger partial charge in [0, 0.05) is 18.0 Å². The third kappa shape index (κ3) is 2.97. The van der Waals surface area contributed by atoms with E-state index in [1.165, 1.54) is 4.68 Å². The smallest absolute Gasteiger partial charge is 0.276 e. The number of hydrogen-bond donors (Lipinski definition) is 1. The monoisotopic (exact) mass is 362 g/mol. The summed E-state index contributed by atoms with van der Waals surface area (Å²) in [5.41, 5.74) is 1.89. The van der Waals surface area contributed by atoms with Crippen molar-refractivity contribution in [1.82, 2.24) is 14.8 Å². The van der Waals surface area contributed by atoms with Crippen LogP contribution in [0.1, 0.15) is 36.3 Å². The first kappa shape index (κ1) is 17.0. The molecule has 0 spiro atoms. The maximum Gasteiger partial charge on any atom is 0.276 e. The molecule has 7 nitrogen and oxygen atoms in total. The highest BCUT2D eigenvalue weighted by atomic mass is 16.3. The summed E-state index contributed by atoms with van der Waals surface area (Å²) in [5, 5.41) is 8.15. The fourth-order valence-corrected chi connectivity index (χ4v) is 3.03. The molecule has 2 heterocycles. The van der Waals surface area contributed by atoms with Gasteiger partial charge in [0.2, 0.25) is 0 Å². The maximum atomic E-state index is 12.9. The van der Waals surface area contributed by atoms with Gasteiger partial charge in [-0.1, -0.05) is 18.2 Å². The zero-order chi connectivity index (χ0) is 19.1. The molecule has 0 aliphatic carbocycles. The lowest BCUT2D eigenvalue weighted by Crippen LogP contribution is -2.28. The van der Waals surface area contributed by atoms with Crippen LogP contribution in [0.2, 0.25) is 0 Å². The SMILES string of the molecule is Cc1nc2cc(NC(=O)c3nn(C(C)C)c(=O)c4ccccc34)ccc2o1. The van der Waals surface area contributed by atoms with Gasteiger partial charge in [0.1, 0.15) is 5.52 Å². The molecule has 4 aromatic rings. The van der Waals surface area contributed by atoms with Crippen LogP contribution in [0.15, 0.2) is 51.7 Å². The first-order valence-electron chi connectivity index (χ1n) is 8.64. The Kier molecular flexibility index (Phi) is 3.99. The number of fused-ring (bicyclic) bond motifs is 2. The van der Waals surface area contributed by atoms with Crippen molar-refractivity contribution in [2.45, 2.75) is 26.8 Å². The zero-order valence-corrected chi connectivity index (χ0v) is 15.2. The van der Waals surface area contributed by atoms with Crippen molar-refractivity contribution in [2.75, 3.05) is 5.32 Å².